The van der Waals surface area contributed by atoms with Gasteiger partial charge in [0.15, 0.2) is 0 Å². The van der Waals surface area contributed by atoms with E-state index in [9.17, 15) is 19.1 Å². The third-order valence-electron chi connectivity index (χ3n) is 3.78. The van der Waals surface area contributed by atoms with E-state index in [-0.39, 0.29) is 11.3 Å². The minimum Gasteiger partial charge on any atom is -0.548 e. The van der Waals surface area contributed by atoms with Crippen molar-refractivity contribution in [3.63, 3.8) is 0 Å². The van der Waals surface area contributed by atoms with Gasteiger partial charge in [-0.3, -0.25) is 4.79 Å². The van der Waals surface area contributed by atoms with Gasteiger partial charge in [-0.2, -0.15) is 0 Å². The van der Waals surface area contributed by atoms with Crippen LogP contribution in [0.1, 0.15) is 21.3 Å². The molecule has 7 heteroatoms. The highest BCUT2D eigenvalue weighted by molar-refractivity contribution is 7.99. The highest BCUT2D eigenvalue weighted by Crippen LogP contribution is 2.44. The Morgan fingerprint density at radius 2 is 1.83 bits per heavy atom. The third-order valence-corrected chi connectivity index (χ3v) is 5.43. The minimum absolute atomic E-state index is 0.151. The number of rotatable bonds is 3. The maximum atomic E-state index is 14.0. The Balaban J connectivity index is 2.05. The molecule has 1 aliphatic heterocycles. The maximum Gasteiger partial charge on any atom is 0.258 e. The molecule has 1 saturated heterocycles. The average Bonchev–Trinajstić information content (AvgIpc) is 3.00. The van der Waals surface area contributed by atoms with Gasteiger partial charge in [0, 0.05) is 16.3 Å². The number of carboxylic acid groups (broad SMARTS) is 1. The summed E-state index contributed by atoms with van der Waals surface area (Å²) in [6.07, 6.45) is 0. The van der Waals surface area contributed by atoms with Crippen LogP contribution in [0.4, 0.5) is 4.39 Å². The Hall–Kier alpha value is -2.05. The van der Waals surface area contributed by atoms with Crippen LogP contribution in [0.25, 0.3) is 0 Å². The molecule has 0 bridgehead atoms. The van der Waals surface area contributed by atoms with E-state index in [1.165, 1.54) is 30.0 Å². The van der Waals surface area contributed by atoms with E-state index in [2.05, 4.69) is 0 Å². The smallest absolute Gasteiger partial charge is 0.258 e. The van der Waals surface area contributed by atoms with Gasteiger partial charge in [0.1, 0.15) is 11.2 Å². The largest absolute Gasteiger partial charge is 0.548 e. The van der Waals surface area contributed by atoms with Crippen molar-refractivity contribution < 1.29 is 19.1 Å². The van der Waals surface area contributed by atoms with Crippen LogP contribution in [0.2, 0.25) is 5.02 Å². The van der Waals surface area contributed by atoms with Crippen molar-refractivity contribution in [3.8, 4) is 0 Å². The summed E-state index contributed by atoms with van der Waals surface area (Å²) in [7, 11) is 0. The number of amides is 1. The van der Waals surface area contributed by atoms with Crippen LogP contribution in [0.5, 0.6) is 0 Å². The highest BCUT2D eigenvalue weighted by Gasteiger charge is 2.40. The Labute approximate surface area is 147 Å². The molecule has 0 N–H and O–H groups in total. The summed E-state index contributed by atoms with van der Waals surface area (Å²) in [6.45, 7) is 0. The Bertz CT molecular complexity index is 801. The van der Waals surface area contributed by atoms with E-state index in [0.717, 1.165) is 11.0 Å². The fraction of sp³-hybridized carbons (Fsp3) is 0.176. The monoisotopic (exact) mass is 364 g/mol. The Morgan fingerprint density at radius 3 is 2.50 bits per heavy atom. The van der Waals surface area contributed by atoms with Gasteiger partial charge in [-0.15, -0.1) is 11.8 Å². The molecule has 0 aliphatic carbocycles. The van der Waals surface area contributed by atoms with Crippen molar-refractivity contribution in [2.24, 2.45) is 0 Å². The van der Waals surface area contributed by atoms with Gasteiger partial charge in [-0.25, -0.2) is 4.39 Å². The summed E-state index contributed by atoms with van der Waals surface area (Å²) in [5.41, 5.74) is 0.431. The quantitative estimate of drug-likeness (QED) is 0.839. The Kier molecular flexibility index (Phi) is 4.78. The van der Waals surface area contributed by atoms with Gasteiger partial charge in [-0.05, 0) is 18.2 Å². The van der Waals surface area contributed by atoms with Crippen molar-refractivity contribution in [1.29, 1.82) is 0 Å². The fourth-order valence-corrected chi connectivity index (χ4v) is 4.38. The molecule has 2 aromatic rings. The van der Waals surface area contributed by atoms with Gasteiger partial charge in [-0.1, -0.05) is 41.9 Å². The minimum atomic E-state index is -1.37. The van der Waals surface area contributed by atoms with E-state index < -0.39 is 29.1 Å². The lowest BCUT2D eigenvalue weighted by Crippen LogP contribution is -2.49. The summed E-state index contributed by atoms with van der Waals surface area (Å²) in [6, 6.07) is 11.2. The lowest BCUT2D eigenvalue weighted by molar-refractivity contribution is -0.310. The van der Waals surface area contributed by atoms with E-state index in [1.54, 1.807) is 24.3 Å². The summed E-state index contributed by atoms with van der Waals surface area (Å²) in [5, 5.41) is 11.2. The number of benzene rings is 2. The molecule has 2 aromatic carbocycles. The Morgan fingerprint density at radius 1 is 1.17 bits per heavy atom. The van der Waals surface area contributed by atoms with Crippen LogP contribution in [0.3, 0.4) is 0 Å². The number of thioether (sulfide) groups is 1. The lowest BCUT2D eigenvalue weighted by atomic mass is 10.1. The molecule has 1 heterocycles. The molecule has 0 aromatic heterocycles. The SMILES string of the molecule is O=C([O-])[C@H]1CS[C@H](c2ccccc2Cl)N1C(=O)c1ccccc1F. The van der Waals surface area contributed by atoms with Gasteiger partial charge < -0.3 is 14.8 Å². The molecular weight excluding hydrogens is 353 g/mol. The number of hydrogen-bond donors (Lipinski definition) is 0. The van der Waals surface area contributed by atoms with E-state index in [0.29, 0.717) is 10.6 Å². The molecule has 24 heavy (non-hydrogen) atoms. The zero-order valence-electron chi connectivity index (χ0n) is 12.3. The zero-order valence-corrected chi connectivity index (χ0v) is 13.9. The second-order valence-corrected chi connectivity index (χ2v) is 6.75. The maximum absolute atomic E-state index is 14.0. The normalized spacial score (nSPS) is 20.2. The molecule has 0 unspecified atom stereocenters. The summed E-state index contributed by atoms with van der Waals surface area (Å²) < 4.78 is 14.0. The van der Waals surface area contributed by atoms with E-state index in [1.807, 2.05) is 0 Å². The first-order valence-electron chi connectivity index (χ1n) is 7.15. The predicted molar refractivity (Wildman–Crippen MR) is 88.0 cm³/mol. The number of aliphatic carboxylic acids is 1. The van der Waals surface area contributed by atoms with Gasteiger partial charge >= 0.3 is 0 Å². The predicted octanol–water partition coefficient (Wildman–Crippen LogP) is 2.49. The zero-order chi connectivity index (χ0) is 17.3. The number of hydrogen-bond acceptors (Lipinski definition) is 4. The molecule has 0 saturated carbocycles. The molecule has 0 spiro atoms. The third kappa shape index (κ3) is 2.99. The van der Waals surface area contributed by atoms with Crippen LogP contribution in [-0.2, 0) is 4.79 Å². The molecule has 1 fully saturated rings. The molecular formula is C17H12ClFNO3S-. The van der Waals surface area contributed by atoms with Crippen LogP contribution < -0.4 is 5.11 Å². The molecule has 3 rings (SSSR count). The molecule has 2 atom stereocenters. The van der Waals surface area contributed by atoms with Gasteiger partial charge in [0.05, 0.1) is 17.6 Å². The van der Waals surface area contributed by atoms with Crippen molar-refractivity contribution in [1.82, 2.24) is 4.90 Å². The van der Waals surface area contributed by atoms with Crippen LogP contribution in [0, 0.1) is 5.82 Å². The van der Waals surface area contributed by atoms with Crippen LogP contribution in [-0.4, -0.2) is 28.6 Å². The first-order chi connectivity index (χ1) is 11.5. The summed E-state index contributed by atoms with van der Waals surface area (Å²) >= 11 is 7.45. The second kappa shape index (κ2) is 6.83. The summed E-state index contributed by atoms with van der Waals surface area (Å²) in [4.78, 5) is 25.4. The molecule has 1 aliphatic rings. The van der Waals surface area contributed by atoms with Gasteiger partial charge in [0.2, 0.25) is 0 Å². The van der Waals surface area contributed by atoms with E-state index >= 15 is 0 Å². The number of halogens is 2. The highest BCUT2D eigenvalue weighted by atomic mass is 35.5. The van der Waals surface area contributed by atoms with Crippen molar-refractivity contribution >= 4 is 35.2 Å². The van der Waals surface area contributed by atoms with Crippen LogP contribution >= 0.6 is 23.4 Å². The number of carboxylic acids is 1. The van der Waals surface area contributed by atoms with Crippen molar-refractivity contribution in [2.75, 3.05) is 5.75 Å². The topological polar surface area (TPSA) is 60.4 Å². The standard InChI is InChI=1S/C17H13ClFNO3S/c18-12-7-3-1-5-10(12)16-20(14(9-24-16)17(22)23)15(21)11-6-2-4-8-13(11)19/h1-8,14,16H,9H2,(H,22,23)/p-1/t14-,16-/m1/s1. The lowest BCUT2D eigenvalue weighted by Gasteiger charge is -2.30. The van der Waals surface area contributed by atoms with Gasteiger partial charge in [0.25, 0.3) is 5.91 Å². The first kappa shape index (κ1) is 16.8. The van der Waals surface area contributed by atoms with Crippen molar-refractivity contribution in [3.05, 3.63) is 70.5 Å². The molecule has 124 valence electrons. The van der Waals surface area contributed by atoms with E-state index in [4.69, 9.17) is 11.6 Å². The number of nitrogens with zero attached hydrogens (tertiary/aromatic N) is 1. The molecule has 1 amide bonds. The molecule has 0 radical (unpaired) electrons. The average molecular weight is 365 g/mol. The first-order valence-corrected chi connectivity index (χ1v) is 8.57. The van der Waals surface area contributed by atoms with Crippen molar-refractivity contribution in [2.45, 2.75) is 11.4 Å². The fourth-order valence-electron chi connectivity index (χ4n) is 2.62. The molecule has 4 nitrogen and oxygen atoms in total. The van der Waals surface area contributed by atoms with Crippen LogP contribution in [0.15, 0.2) is 48.5 Å². The number of carbonyl (C=O) groups excluding carboxylic acids is 2. The number of carbonyl (C=O) groups is 2. The summed E-state index contributed by atoms with van der Waals surface area (Å²) in [5.74, 6) is -2.62. The second-order valence-electron chi connectivity index (χ2n) is 5.23.